The molecular formula is C15H22FNO. The number of hydrogen-bond acceptors (Lipinski definition) is 2. The van der Waals surface area contributed by atoms with Crippen molar-refractivity contribution in [3.63, 3.8) is 0 Å². The molecule has 1 heterocycles. The number of halogens is 1. The van der Waals surface area contributed by atoms with Crippen LogP contribution in [0.3, 0.4) is 0 Å². The fraction of sp³-hybridized carbons (Fsp3) is 0.600. The average Bonchev–Trinajstić information content (AvgIpc) is 2.76. The summed E-state index contributed by atoms with van der Waals surface area (Å²) in [4.78, 5) is 0. The first-order valence-corrected chi connectivity index (χ1v) is 6.74. The monoisotopic (exact) mass is 251 g/mol. The average molecular weight is 251 g/mol. The third-order valence-electron chi connectivity index (χ3n) is 3.83. The smallest absolute Gasteiger partial charge is 0.126 e. The number of aryl methyl sites for hydroxylation is 1. The van der Waals surface area contributed by atoms with E-state index in [0.717, 1.165) is 25.1 Å². The molecule has 1 aliphatic rings. The Hall–Kier alpha value is -0.930. The molecule has 1 N–H and O–H groups in total. The summed E-state index contributed by atoms with van der Waals surface area (Å²) < 4.78 is 19.0. The number of hydrogen-bond donors (Lipinski definition) is 1. The lowest BCUT2D eigenvalue weighted by atomic mass is 9.87. The summed E-state index contributed by atoms with van der Waals surface area (Å²) in [7, 11) is 0. The van der Waals surface area contributed by atoms with Crippen LogP contribution in [0.15, 0.2) is 18.2 Å². The van der Waals surface area contributed by atoms with E-state index < -0.39 is 0 Å². The molecule has 2 nitrogen and oxygen atoms in total. The van der Waals surface area contributed by atoms with Crippen LogP contribution in [0.4, 0.5) is 4.39 Å². The molecule has 1 aromatic rings. The molecule has 3 unspecified atom stereocenters. The largest absolute Gasteiger partial charge is 0.378 e. The van der Waals surface area contributed by atoms with E-state index in [0.29, 0.717) is 11.5 Å². The van der Waals surface area contributed by atoms with Gasteiger partial charge >= 0.3 is 0 Å². The van der Waals surface area contributed by atoms with E-state index in [-0.39, 0.29) is 18.0 Å². The highest BCUT2D eigenvalue weighted by molar-refractivity contribution is 5.27. The molecule has 3 atom stereocenters. The second-order valence-electron chi connectivity index (χ2n) is 5.07. The van der Waals surface area contributed by atoms with Gasteiger partial charge in [0.1, 0.15) is 5.82 Å². The minimum Gasteiger partial charge on any atom is -0.378 e. The van der Waals surface area contributed by atoms with Crippen LogP contribution in [0.2, 0.25) is 0 Å². The summed E-state index contributed by atoms with van der Waals surface area (Å²) in [5, 5.41) is 3.52. The molecule has 0 saturated carbocycles. The van der Waals surface area contributed by atoms with Gasteiger partial charge in [-0.05, 0) is 44.0 Å². The third kappa shape index (κ3) is 2.73. The van der Waals surface area contributed by atoms with E-state index in [1.807, 2.05) is 19.1 Å². The number of rotatable bonds is 4. The molecule has 0 amide bonds. The van der Waals surface area contributed by atoms with Crippen molar-refractivity contribution in [3.8, 4) is 0 Å². The molecule has 3 heteroatoms. The Kier molecular flexibility index (Phi) is 4.36. The zero-order valence-electron chi connectivity index (χ0n) is 11.4. The van der Waals surface area contributed by atoms with Gasteiger partial charge in [-0.25, -0.2) is 4.39 Å². The highest BCUT2D eigenvalue weighted by Crippen LogP contribution is 2.33. The Labute approximate surface area is 109 Å². The summed E-state index contributed by atoms with van der Waals surface area (Å²) in [5.41, 5.74) is 1.88. The van der Waals surface area contributed by atoms with Crippen LogP contribution in [0, 0.1) is 18.7 Å². The minimum atomic E-state index is -0.135. The van der Waals surface area contributed by atoms with Crippen LogP contribution in [-0.2, 0) is 4.74 Å². The summed E-state index contributed by atoms with van der Waals surface area (Å²) in [6, 6.07) is 5.66. The van der Waals surface area contributed by atoms with E-state index in [9.17, 15) is 4.39 Å². The molecule has 0 bridgehead atoms. The molecule has 0 aromatic heterocycles. The fourth-order valence-corrected chi connectivity index (χ4v) is 2.78. The molecule has 2 rings (SSSR count). The molecule has 0 radical (unpaired) electrons. The second-order valence-corrected chi connectivity index (χ2v) is 5.07. The van der Waals surface area contributed by atoms with Gasteiger partial charge in [-0.15, -0.1) is 0 Å². The number of nitrogens with one attached hydrogen (secondary N) is 1. The summed E-state index contributed by atoms with van der Waals surface area (Å²) in [6.07, 6.45) is 1.33. The molecule has 1 aliphatic heterocycles. The van der Waals surface area contributed by atoms with Gasteiger partial charge in [-0.2, -0.15) is 0 Å². The van der Waals surface area contributed by atoms with Crippen molar-refractivity contribution >= 4 is 0 Å². The minimum absolute atomic E-state index is 0.135. The molecular weight excluding hydrogens is 229 g/mol. The van der Waals surface area contributed by atoms with Gasteiger partial charge in [-0.1, -0.05) is 19.1 Å². The highest BCUT2D eigenvalue weighted by Gasteiger charge is 2.32. The van der Waals surface area contributed by atoms with Crippen LogP contribution < -0.4 is 5.32 Å². The predicted octanol–water partition coefficient (Wildman–Crippen LogP) is 3.21. The lowest BCUT2D eigenvalue weighted by Crippen LogP contribution is -2.31. The molecule has 0 spiro atoms. The summed E-state index contributed by atoms with van der Waals surface area (Å²) >= 11 is 0. The Balaban J connectivity index is 2.25. The second kappa shape index (κ2) is 5.81. The zero-order valence-corrected chi connectivity index (χ0v) is 11.4. The first-order valence-electron chi connectivity index (χ1n) is 6.74. The van der Waals surface area contributed by atoms with E-state index in [4.69, 9.17) is 4.74 Å². The maximum Gasteiger partial charge on any atom is 0.126 e. The maximum absolute atomic E-state index is 13.4. The Bertz CT molecular complexity index is 407. The standard InChI is InChI=1S/C15H22FNO/c1-4-17-15(13-7-8-18-11(13)3)12-5-6-14(16)10(2)9-12/h5-6,9,11,13,15,17H,4,7-8H2,1-3H3. The van der Waals surface area contributed by atoms with Crippen molar-refractivity contribution in [2.24, 2.45) is 5.92 Å². The molecule has 18 heavy (non-hydrogen) atoms. The van der Waals surface area contributed by atoms with Gasteiger partial charge in [0.15, 0.2) is 0 Å². The zero-order chi connectivity index (χ0) is 13.1. The van der Waals surface area contributed by atoms with Crippen LogP contribution in [0.25, 0.3) is 0 Å². The summed E-state index contributed by atoms with van der Waals surface area (Å²) in [5.74, 6) is 0.333. The number of benzene rings is 1. The van der Waals surface area contributed by atoms with E-state index in [1.165, 1.54) is 0 Å². The first-order chi connectivity index (χ1) is 8.63. The lowest BCUT2D eigenvalue weighted by Gasteiger charge is -2.27. The van der Waals surface area contributed by atoms with Crippen molar-refractivity contribution in [1.82, 2.24) is 5.32 Å². The first kappa shape index (κ1) is 13.5. The topological polar surface area (TPSA) is 21.3 Å². The van der Waals surface area contributed by atoms with E-state index in [2.05, 4.69) is 19.2 Å². The van der Waals surface area contributed by atoms with Gasteiger partial charge in [-0.3, -0.25) is 0 Å². The molecule has 100 valence electrons. The third-order valence-corrected chi connectivity index (χ3v) is 3.83. The van der Waals surface area contributed by atoms with Crippen molar-refractivity contribution < 1.29 is 9.13 Å². The van der Waals surface area contributed by atoms with E-state index >= 15 is 0 Å². The Morgan fingerprint density at radius 3 is 2.83 bits per heavy atom. The van der Waals surface area contributed by atoms with Crippen molar-refractivity contribution in [2.45, 2.75) is 39.3 Å². The quantitative estimate of drug-likeness (QED) is 0.887. The van der Waals surface area contributed by atoms with Crippen molar-refractivity contribution in [1.29, 1.82) is 0 Å². The lowest BCUT2D eigenvalue weighted by molar-refractivity contribution is 0.0955. The van der Waals surface area contributed by atoms with Gasteiger partial charge in [0.2, 0.25) is 0 Å². The van der Waals surface area contributed by atoms with Gasteiger partial charge < -0.3 is 10.1 Å². The normalized spacial score (nSPS) is 25.3. The van der Waals surface area contributed by atoms with Crippen LogP contribution in [0.5, 0.6) is 0 Å². The van der Waals surface area contributed by atoms with E-state index in [1.54, 1.807) is 6.07 Å². The molecule has 1 fully saturated rings. The van der Waals surface area contributed by atoms with Gasteiger partial charge in [0.25, 0.3) is 0 Å². The van der Waals surface area contributed by atoms with Crippen LogP contribution in [-0.4, -0.2) is 19.3 Å². The Morgan fingerprint density at radius 2 is 2.28 bits per heavy atom. The van der Waals surface area contributed by atoms with Crippen molar-refractivity contribution in [2.75, 3.05) is 13.2 Å². The highest BCUT2D eigenvalue weighted by atomic mass is 19.1. The van der Waals surface area contributed by atoms with Crippen molar-refractivity contribution in [3.05, 3.63) is 35.1 Å². The molecule has 1 aromatic carbocycles. The van der Waals surface area contributed by atoms with Gasteiger partial charge in [0.05, 0.1) is 6.10 Å². The Morgan fingerprint density at radius 1 is 1.50 bits per heavy atom. The maximum atomic E-state index is 13.4. The number of ether oxygens (including phenoxy) is 1. The van der Waals surface area contributed by atoms with Gasteiger partial charge in [0, 0.05) is 18.6 Å². The summed E-state index contributed by atoms with van der Waals surface area (Å²) in [6.45, 7) is 7.77. The molecule has 0 aliphatic carbocycles. The van der Waals surface area contributed by atoms with Crippen LogP contribution in [0.1, 0.15) is 37.4 Å². The van der Waals surface area contributed by atoms with Crippen LogP contribution >= 0.6 is 0 Å². The SMILES string of the molecule is CCNC(c1ccc(F)c(C)c1)C1CCOC1C. The predicted molar refractivity (Wildman–Crippen MR) is 71.1 cm³/mol. The molecule has 1 saturated heterocycles. The fourth-order valence-electron chi connectivity index (χ4n) is 2.78.